The lowest BCUT2D eigenvalue weighted by atomic mass is 10.2. The van der Waals surface area contributed by atoms with Crippen molar-refractivity contribution in [3.63, 3.8) is 0 Å². The molecule has 9 heteroatoms. The molecule has 0 saturated carbocycles. The van der Waals surface area contributed by atoms with Gasteiger partial charge in [-0.1, -0.05) is 36.4 Å². The van der Waals surface area contributed by atoms with Gasteiger partial charge in [0.15, 0.2) is 18.1 Å². The third kappa shape index (κ3) is 4.28. The highest BCUT2D eigenvalue weighted by Gasteiger charge is 2.29. The minimum Gasteiger partial charge on any atom is -0.484 e. The summed E-state index contributed by atoms with van der Waals surface area (Å²) in [6, 6.07) is 7.73. The van der Waals surface area contributed by atoms with Gasteiger partial charge in [0.1, 0.15) is 5.75 Å². The summed E-state index contributed by atoms with van der Waals surface area (Å²) in [6.45, 7) is 7.24. The lowest BCUT2D eigenvalue weighted by Crippen LogP contribution is -2.33. The number of aryl methyl sites for hydroxylation is 1. The van der Waals surface area contributed by atoms with Crippen molar-refractivity contribution in [1.29, 1.82) is 0 Å². The summed E-state index contributed by atoms with van der Waals surface area (Å²) in [5.74, 6) is 1.85. The maximum atomic E-state index is 12.5. The van der Waals surface area contributed by atoms with Crippen LogP contribution in [0.2, 0.25) is 0 Å². The third-order valence-corrected chi connectivity index (χ3v) is 4.93. The van der Waals surface area contributed by atoms with Crippen molar-refractivity contribution < 1.29 is 14.1 Å². The number of benzene rings is 1. The number of likely N-dealkylation sites (tertiary alicyclic amines) is 1. The van der Waals surface area contributed by atoms with Gasteiger partial charge in [-0.15, -0.1) is 5.10 Å². The molecule has 0 unspecified atom stereocenters. The maximum Gasteiger partial charge on any atom is 0.280 e. The topological polar surface area (TPSA) is 99.2 Å². The van der Waals surface area contributed by atoms with E-state index < -0.39 is 0 Å². The maximum absolute atomic E-state index is 12.5. The average Bonchev–Trinajstić information content (AvgIpc) is 3.45. The predicted molar refractivity (Wildman–Crippen MR) is 104 cm³/mol. The van der Waals surface area contributed by atoms with Crippen LogP contribution >= 0.6 is 0 Å². The molecule has 0 N–H and O–H groups in total. The molecule has 1 amide bonds. The standard InChI is InChI=1S/C20H24N6O3/c1-13(2)19-21-20(29-23-19)17-11-26(24-22-17)15-7-8-25(10-15)18(27)12-28-16-6-4-5-14(3)9-16/h4-6,9,11,13,15H,7-8,10,12H2,1-3H3/t15-/m1/s1. The van der Waals surface area contributed by atoms with E-state index in [-0.39, 0.29) is 24.5 Å². The molecule has 1 aliphatic rings. The molecule has 1 atom stereocenters. The SMILES string of the molecule is Cc1cccc(OCC(=O)N2CC[C@@H](n3cc(-c4nc(C(C)C)no4)nn3)C2)c1. The molecular formula is C20H24N6O3. The molecule has 3 aromatic rings. The van der Waals surface area contributed by atoms with Crippen molar-refractivity contribution in [1.82, 2.24) is 30.0 Å². The number of nitrogens with zero attached hydrogens (tertiary/aromatic N) is 6. The molecule has 0 bridgehead atoms. The Morgan fingerprint density at radius 3 is 3.00 bits per heavy atom. The molecule has 29 heavy (non-hydrogen) atoms. The summed E-state index contributed by atoms with van der Waals surface area (Å²) in [5.41, 5.74) is 1.64. The Bertz CT molecular complexity index is 996. The number of ether oxygens (including phenoxy) is 1. The average molecular weight is 396 g/mol. The highest BCUT2D eigenvalue weighted by molar-refractivity contribution is 5.78. The number of hydrogen-bond donors (Lipinski definition) is 0. The Morgan fingerprint density at radius 1 is 1.38 bits per heavy atom. The Labute approximate surface area is 168 Å². The van der Waals surface area contributed by atoms with E-state index in [1.54, 1.807) is 15.8 Å². The zero-order chi connectivity index (χ0) is 20.4. The number of rotatable bonds is 6. The second-order valence-electron chi connectivity index (χ2n) is 7.58. The molecule has 1 aliphatic heterocycles. The van der Waals surface area contributed by atoms with Gasteiger partial charge in [-0.2, -0.15) is 4.98 Å². The fourth-order valence-corrected chi connectivity index (χ4v) is 3.25. The van der Waals surface area contributed by atoms with Crippen molar-refractivity contribution in [3.05, 3.63) is 41.9 Å². The van der Waals surface area contributed by atoms with Gasteiger partial charge in [-0.3, -0.25) is 4.79 Å². The molecule has 0 aliphatic carbocycles. The summed E-state index contributed by atoms with van der Waals surface area (Å²) >= 11 is 0. The van der Waals surface area contributed by atoms with Crippen molar-refractivity contribution in [3.8, 4) is 17.3 Å². The van der Waals surface area contributed by atoms with Crippen LogP contribution in [-0.2, 0) is 4.79 Å². The number of carbonyl (C=O) groups excluding carboxylic acids is 1. The first-order valence-corrected chi connectivity index (χ1v) is 9.72. The van der Waals surface area contributed by atoms with Crippen LogP contribution in [-0.4, -0.2) is 55.6 Å². The van der Waals surface area contributed by atoms with Crippen molar-refractivity contribution in [2.24, 2.45) is 0 Å². The number of amides is 1. The van der Waals surface area contributed by atoms with Crippen LogP contribution in [0, 0.1) is 6.92 Å². The van der Waals surface area contributed by atoms with Crippen LogP contribution < -0.4 is 4.74 Å². The molecule has 1 aromatic carbocycles. The molecule has 1 saturated heterocycles. The van der Waals surface area contributed by atoms with E-state index in [1.165, 1.54) is 0 Å². The molecule has 0 radical (unpaired) electrons. The minimum atomic E-state index is -0.0344. The van der Waals surface area contributed by atoms with Gasteiger partial charge in [-0.25, -0.2) is 4.68 Å². The Kier molecular flexibility index (Phi) is 5.28. The normalized spacial score (nSPS) is 16.6. The van der Waals surface area contributed by atoms with Crippen molar-refractivity contribution >= 4 is 5.91 Å². The summed E-state index contributed by atoms with van der Waals surface area (Å²) in [6.07, 6.45) is 2.60. The summed E-state index contributed by atoms with van der Waals surface area (Å²) in [4.78, 5) is 18.6. The van der Waals surface area contributed by atoms with Crippen molar-refractivity contribution in [2.45, 2.75) is 39.2 Å². The second-order valence-corrected chi connectivity index (χ2v) is 7.58. The minimum absolute atomic E-state index is 0.0265. The number of carbonyl (C=O) groups is 1. The van der Waals surface area contributed by atoms with E-state index >= 15 is 0 Å². The molecule has 3 heterocycles. The van der Waals surface area contributed by atoms with Gasteiger partial charge in [-0.05, 0) is 31.0 Å². The van der Waals surface area contributed by atoms with Gasteiger partial charge >= 0.3 is 0 Å². The van der Waals surface area contributed by atoms with Crippen LogP contribution in [0.15, 0.2) is 35.0 Å². The first-order valence-electron chi connectivity index (χ1n) is 9.72. The van der Waals surface area contributed by atoms with Gasteiger partial charge < -0.3 is 14.2 Å². The Balaban J connectivity index is 1.34. The van der Waals surface area contributed by atoms with E-state index in [4.69, 9.17) is 9.26 Å². The highest BCUT2D eigenvalue weighted by Crippen LogP contribution is 2.24. The number of hydrogen-bond acceptors (Lipinski definition) is 7. The zero-order valence-corrected chi connectivity index (χ0v) is 16.8. The molecular weight excluding hydrogens is 372 g/mol. The quantitative estimate of drug-likeness (QED) is 0.631. The third-order valence-electron chi connectivity index (χ3n) is 4.93. The Hall–Kier alpha value is -3.23. The molecule has 0 spiro atoms. The zero-order valence-electron chi connectivity index (χ0n) is 16.8. The van der Waals surface area contributed by atoms with Crippen LogP contribution in [0.1, 0.15) is 43.6 Å². The highest BCUT2D eigenvalue weighted by atomic mass is 16.5. The van der Waals surface area contributed by atoms with Crippen LogP contribution in [0.5, 0.6) is 5.75 Å². The lowest BCUT2D eigenvalue weighted by molar-refractivity contribution is -0.132. The van der Waals surface area contributed by atoms with Crippen LogP contribution in [0.4, 0.5) is 0 Å². The number of aromatic nitrogens is 5. The van der Waals surface area contributed by atoms with Gasteiger partial charge in [0.25, 0.3) is 11.8 Å². The molecule has 152 valence electrons. The van der Waals surface area contributed by atoms with E-state index in [9.17, 15) is 4.79 Å². The van der Waals surface area contributed by atoms with Crippen molar-refractivity contribution in [2.75, 3.05) is 19.7 Å². The fourth-order valence-electron chi connectivity index (χ4n) is 3.25. The van der Waals surface area contributed by atoms with Crippen LogP contribution in [0.25, 0.3) is 11.6 Å². The molecule has 9 nitrogen and oxygen atoms in total. The first kappa shape index (κ1) is 19.1. The van der Waals surface area contributed by atoms with Gasteiger partial charge in [0.05, 0.1) is 12.2 Å². The second kappa shape index (κ2) is 8.02. The Morgan fingerprint density at radius 2 is 2.24 bits per heavy atom. The summed E-state index contributed by atoms with van der Waals surface area (Å²) in [5, 5.41) is 12.3. The fraction of sp³-hybridized carbons (Fsp3) is 0.450. The lowest BCUT2D eigenvalue weighted by Gasteiger charge is -2.17. The largest absolute Gasteiger partial charge is 0.484 e. The summed E-state index contributed by atoms with van der Waals surface area (Å²) < 4.78 is 12.7. The molecule has 4 rings (SSSR count). The van der Waals surface area contributed by atoms with E-state index in [2.05, 4.69) is 20.5 Å². The smallest absolute Gasteiger partial charge is 0.280 e. The summed E-state index contributed by atoms with van der Waals surface area (Å²) in [7, 11) is 0. The predicted octanol–water partition coefficient (Wildman–Crippen LogP) is 2.61. The van der Waals surface area contributed by atoms with E-state index in [1.807, 2.05) is 45.0 Å². The molecule has 1 fully saturated rings. The molecule has 2 aromatic heterocycles. The van der Waals surface area contributed by atoms with E-state index in [0.717, 1.165) is 12.0 Å². The van der Waals surface area contributed by atoms with Gasteiger partial charge in [0.2, 0.25) is 0 Å². The first-order chi connectivity index (χ1) is 14.0. The van der Waals surface area contributed by atoms with Gasteiger partial charge in [0, 0.05) is 19.0 Å². The monoisotopic (exact) mass is 396 g/mol. The van der Waals surface area contributed by atoms with E-state index in [0.29, 0.717) is 36.2 Å². The van der Waals surface area contributed by atoms with Crippen LogP contribution in [0.3, 0.4) is 0 Å².